The first kappa shape index (κ1) is 17.3. The number of aryl methyl sites for hydroxylation is 2. The van der Waals surface area contributed by atoms with Gasteiger partial charge in [0.15, 0.2) is 11.6 Å². The first-order valence-electron chi connectivity index (χ1n) is 9.84. The largest absolute Gasteiger partial charge is 0.373 e. The number of Topliss-reactive ketones (excluding diaryl/α,β-unsaturated/α-hetero) is 2. The van der Waals surface area contributed by atoms with Gasteiger partial charge < -0.3 is 4.74 Å². The van der Waals surface area contributed by atoms with Crippen LogP contribution in [0.3, 0.4) is 0 Å². The standard InChI is InChI=1S/C24H21NO3/c1-12-9-16(15-5-3-14(11-25)4-6-15)10-13(2)19(12)22-23(26)20-17-7-8-18(28-17)21(20)24(22)27/h3-6,9-10,17-18,20-22H,7-8H2,1-2H3/t17-,18-,20-,21+,22?/m1/s1. The summed E-state index contributed by atoms with van der Waals surface area (Å²) in [4.78, 5) is 26.4. The molecular weight excluding hydrogens is 350 g/mol. The number of ether oxygens (including phenoxy) is 1. The van der Waals surface area contributed by atoms with Gasteiger partial charge in [-0.2, -0.15) is 5.26 Å². The van der Waals surface area contributed by atoms with Gasteiger partial charge in [-0.05, 0) is 66.6 Å². The van der Waals surface area contributed by atoms with Crippen LogP contribution in [-0.4, -0.2) is 23.8 Å². The van der Waals surface area contributed by atoms with Crippen molar-refractivity contribution in [3.8, 4) is 17.2 Å². The predicted molar refractivity (Wildman–Crippen MR) is 104 cm³/mol. The molecule has 0 aromatic heterocycles. The zero-order valence-electron chi connectivity index (χ0n) is 15.9. The minimum Gasteiger partial charge on any atom is -0.373 e. The van der Waals surface area contributed by atoms with Crippen LogP contribution in [0.4, 0.5) is 0 Å². The van der Waals surface area contributed by atoms with Gasteiger partial charge in [0.2, 0.25) is 0 Å². The van der Waals surface area contributed by atoms with Crippen molar-refractivity contribution in [1.29, 1.82) is 5.26 Å². The Kier molecular flexibility index (Phi) is 3.79. The fourth-order valence-corrected chi connectivity index (χ4v) is 5.54. The summed E-state index contributed by atoms with van der Waals surface area (Å²) in [6, 6.07) is 13.7. The van der Waals surface area contributed by atoms with Gasteiger partial charge in [0.05, 0.1) is 35.7 Å². The Morgan fingerprint density at radius 2 is 1.43 bits per heavy atom. The molecule has 5 rings (SSSR count). The molecule has 1 unspecified atom stereocenters. The molecule has 2 aliphatic heterocycles. The lowest BCUT2D eigenvalue weighted by molar-refractivity contribution is -0.127. The Labute approximate surface area is 164 Å². The van der Waals surface area contributed by atoms with E-state index in [9.17, 15) is 9.59 Å². The van der Waals surface area contributed by atoms with Gasteiger partial charge in [-0.1, -0.05) is 24.3 Å². The smallest absolute Gasteiger partial charge is 0.154 e. The van der Waals surface area contributed by atoms with Crippen molar-refractivity contribution in [2.75, 3.05) is 0 Å². The van der Waals surface area contributed by atoms with E-state index in [1.54, 1.807) is 12.1 Å². The first-order valence-corrected chi connectivity index (χ1v) is 9.84. The summed E-state index contributed by atoms with van der Waals surface area (Å²) in [6.45, 7) is 3.96. The molecular formula is C24H21NO3. The highest BCUT2D eigenvalue weighted by Gasteiger charge is 2.63. The molecule has 1 aliphatic carbocycles. The van der Waals surface area contributed by atoms with Crippen molar-refractivity contribution in [3.63, 3.8) is 0 Å². The lowest BCUT2D eigenvalue weighted by Gasteiger charge is -2.18. The minimum absolute atomic E-state index is 0.0551. The molecule has 4 heteroatoms. The van der Waals surface area contributed by atoms with Crippen LogP contribution in [0.25, 0.3) is 11.1 Å². The lowest BCUT2D eigenvalue weighted by Crippen LogP contribution is -2.29. The fourth-order valence-electron chi connectivity index (χ4n) is 5.54. The SMILES string of the molecule is Cc1cc(-c2ccc(C#N)cc2)cc(C)c1C1C(=O)[C@@H]2[C@H](C1=O)[C@H]1CC[C@H]2O1. The van der Waals surface area contributed by atoms with Gasteiger partial charge in [0.25, 0.3) is 0 Å². The van der Waals surface area contributed by atoms with E-state index in [0.29, 0.717) is 5.56 Å². The molecule has 1 saturated carbocycles. The molecule has 2 heterocycles. The summed E-state index contributed by atoms with van der Waals surface area (Å²) in [6.07, 6.45) is 1.67. The predicted octanol–water partition coefficient (Wildman–Crippen LogP) is 3.87. The van der Waals surface area contributed by atoms with Crippen LogP contribution in [0.2, 0.25) is 0 Å². The van der Waals surface area contributed by atoms with Crippen molar-refractivity contribution in [3.05, 3.63) is 58.7 Å². The lowest BCUT2D eigenvalue weighted by atomic mass is 9.81. The Hall–Kier alpha value is -2.77. The maximum Gasteiger partial charge on any atom is 0.154 e. The summed E-state index contributed by atoms with van der Waals surface area (Å²) in [5, 5.41) is 8.98. The number of nitrogens with zero attached hydrogens (tertiary/aromatic N) is 1. The highest BCUT2D eigenvalue weighted by molar-refractivity contribution is 6.17. The van der Waals surface area contributed by atoms with E-state index < -0.39 is 5.92 Å². The van der Waals surface area contributed by atoms with Crippen molar-refractivity contribution in [1.82, 2.24) is 0 Å². The zero-order chi connectivity index (χ0) is 19.6. The van der Waals surface area contributed by atoms with Crippen molar-refractivity contribution >= 4 is 11.6 Å². The van der Waals surface area contributed by atoms with Crippen LogP contribution in [-0.2, 0) is 14.3 Å². The van der Waals surface area contributed by atoms with Gasteiger partial charge in [0, 0.05) is 0 Å². The Morgan fingerprint density at radius 1 is 0.893 bits per heavy atom. The molecule has 28 heavy (non-hydrogen) atoms. The number of fused-ring (bicyclic) bond motifs is 5. The third kappa shape index (κ3) is 2.33. The van der Waals surface area contributed by atoms with Gasteiger partial charge in [0.1, 0.15) is 5.92 Å². The second-order valence-electron chi connectivity index (χ2n) is 8.29. The average Bonchev–Trinajstić information content (AvgIpc) is 3.37. The van der Waals surface area contributed by atoms with Gasteiger partial charge >= 0.3 is 0 Å². The molecule has 2 aromatic rings. The van der Waals surface area contributed by atoms with Crippen LogP contribution in [0.5, 0.6) is 0 Å². The second-order valence-corrected chi connectivity index (χ2v) is 8.29. The highest BCUT2D eigenvalue weighted by Crippen LogP contribution is 2.53. The van der Waals surface area contributed by atoms with E-state index in [-0.39, 0.29) is 35.6 Å². The highest BCUT2D eigenvalue weighted by atomic mass is 16.5. The zero-order valence-corrected chi connectivity index (χ0v) is 15.9. The molecule has 0 radical (unpaired) electrons. The second kappa shape index (κ2) is 6.12. The Bertz CT molecular complexity index is 996. The number of ketones is 2. The minimum atomic E-state index is -0.642. The van der Waals surface area contributed by atoms with E-state index in [2.05, 4.69) is 6.07 Å². The third-order valence-electron chi connectivity index (χ3n) is 6.73. The molecule has 2 saturated heterocycles. The number of rotatable bonds is 2. The Balaban J connectivity index is 1.53. The molecule has 5 atom stereocenters. The van der Waals surface area contributed by atoms with Gasteiger partial charge in [-0.15, -0.1) is 0 Å². The summed E-state index contributed by atoms with van der Waals surface area (Å²) in [5.74, 6) is -1.02. The van der Waals surface area contributed by atoms with E-state index in [4.69, 9.17) is 10.00 Å². The molecule has 0 N–H and O–H groups in total. The summed E-state index contributed by atoms with van der Waals surface area (Å²) >= 11 is 0. The molecule has 0 amide bonds. The first-order chi connectivity index (χ1) is 13.5. The molecule has 2 aromatic carbocycles. The summed E-state index contributed by atoms with van der Waals surface area (Å²) in [7, 11) is 0. The quantitative estimate of drug-likeness (QED) is 0.752. The average molecular weight is 371 g/mol. The normalized spacial score (nSPS) is 30.5. The molecule has 4 nitrogen and oxygen atoms in total. The van der Waals surface area contributed by atoms with E-state index in [1.165, 1.54) is 0 Å². The topological polar surface area (TPSA) is 67.2 Å². The monoisotopic (exact) mass is 371 g/mol. The van der Waals surface area contributed by atoms with Crippen LogP contribution in [0.1, 0.15) is 41.0 Å². The van der Waals surface area contributed by atoms with Crippen molar-refractivity contribution in [2.45, 2.75) is 44.8 Å². The number of hydrogen-bond donors (Lipinski definition) is 0. The molecule has 140 valence electrons. The van der Waals surface area contributed by atoms with Gasteiger partial charge in [-0.25, -0.2) is 0 Å². The van der Waals surface area contributed by atoms with Crippen LogP contribution in [0.15, 0.2) is 36.4 Å². The molecule has 3 aliphatic rings. The molecule has 3 fully saturated rings. The number of nitriles is 1. The maximum atomic E-state index is 13.2. The molecule has 0 spiro atoms. The van der Waals surface area contributed by atoms with E-state index in [0.717, 1.165) is 40.7 Å². The maximum absolute atomic E-state index is 13.2. The van der Waals surface area contributed by atoms with Crippen LogP contribution in [0, 0.1) is 37.0 Å². The summed E-state index contributed by atoms with van der Waals surface area (Å²) < 4.78 is 5.86. The molecule has 2 bridgehead atoms. The number of hydrogen-bond acceptors (Lipinski definition) is 4. The number of carbonyl (C=O) groups is 2. The van der Waals surface area contributed by atoms with Gasteiger partial charge in [-0.3, -0.25) is 9.59 Å². The van der Waals surface area contributed by atoms with Crippen molar-refractivity contribution < 1.29 is 14.3 Å². The Morgan fingerprint density at radius 3 is 1.93 bits per heavy atom. The number of benzene rings is 2. The van der Waals surface area contributed by atoms with E-state index >= 15 is 0 Å². The van der Waals surface area contributed by atoms with Crippen LogP contribution < -0.4 is 0 Å². The van der Waals surface area contributed by atoms with Crippen LogP contribution >= 0.6 is 0 Å². The summed E-state index contributed by atoms with van der Waals surface area (Å²) in [5.41, 5.74) is 5.49. The number of carbonyl (C=O) groups excluding carboxylic acids is 2. The van der Waals surface area contributed by atoms with E-state index in [1.807, 2.05) is 38.1 Å². The van der Waals surface area contributed by atoms with Crippen molar-refractivity contribution in [2.24, 2.45) is 11.8 Å². The third-order valence-corrected chi connectivity index (χ3v) is 6.73. The fraction of sp³-hybridized carbons (Fsp3) is 0.375.